The van der Waals surface area contributed by atoms with E-state index in [1.165, 1.54) is 32.1 Å². The van der Waals surface area contributed by atoms with Crippen molar-refractivity contribution in [1.82, 2.24) is 0 Å². The molecule has 1 rings (SSSR count). The van der Waals surface area contributed by atoms with Gasteiger partial charge in [0.05, 0.1) is 0 Å². The summed E-state index contributed by atoms with van der Waals surface area (Å²) in [6.07, 6.45) is 6.64. The third kappa shape index (κ3) is 2.98. The van der Waals surface area contributed by atoms with Crippen molar-refractivity contribution in [3.8, 4) is 0 Å². The highest BCUT2D eigenvalue weighted by Crippen LogP contribution is 2.40. The summed E-state index contributed by atoms with van der Waals surface area (Å²) in [5.74, 6) is 1.49. The molecule has 1 fully saturated rings. The maximum atomic E-state index is 6.29. The van der Waals surface area contributed by atoms with Crippen molar-refractivity contribution < 1.29 is 0 Å². The predicted octanol–water partition coefficient (Wildman–Crippen LogP) is 3.58. The SMILES string of the molecule is CCC(C)C(N)C1CCC(C)(C)CC1. The average Bonchev–Trinajstić information content (AvgIpc) is 2.15. The molecule has 0 aromatic heterocycles. The largest absolute Gasteiger partial charge is 0.327 e. The van der Waals surface area contributed by atoms with Gasteiger partial charge in [-0.15, -0.1) is 0 Å². The van der Waals surface area contributed by atoms with Crippen molar-refractivity contribution in [3.63, 3.8) is 0 Å². The highest BCUT2D eigenvalue weighted by atomic mass is 14.7. The molecular weight excluding hydrogens is 170 g/mol. The van der Waals surface area contributed by atoms with Gasteiger partial charge in [0, 0.05) is 6.04 Å². The maximum Gasteiger partial charge on any atom is 0.00929 e. The molecule has 1 aliphatic carbocycles. The van der Waals surface area contributed by atoms with Gasteiger partial charge < -0.3 is 5.73 Å². The van der Waals surface area contributed by atoms with E-state index in [-0.39, 0.29) is 0 Å². The van der Waals surface area contributed by atoms with Crippen LogP contribution in [0, 0.1) is 17.3 Å². The highest BCUT2D eigenvalue weighted by Gasteiger charge is 2.31. The molecule has 0 saturated heterocycles. The van der Waals surface area contributed by atoms with Gasteiger partial charge in [-0.3, -0.25) is 0 Å². The number of nitrogens with two attached hydrogens (primary N) is 1. The molecule has 2 N–H and O–H groups in total. The van der Waals surface area contributed by atoms with E-state index in [1.807, 2.05) is 0 Å². The van der Waals surface area contributed by atoms with Crippen LogP contribution >= 0.6 is 0 Å². The van der Waals surface area contributed by atoms with Crippen LogP contribution in [0.2, 0.25) is 0 Å². The summed E-state index contributed by atoms with van der Waals surface area (Å²) >= 11 is 0. The van der Waals surface area contributed by atoms with E-state index in [9.17, 15) is 0 Å². The van der Waals surface area contributed by atoms with Crippen molar-refractivity contribution >= 4 is 0 Å². The van der Waals surface area contributed by atoms with Gasteiger partial charge in [0.1, 0.15) is 0 Å². The van der Waals surface area contributed by atoms with Crippen molar-refractivity contribution in [2.45, 2.75) is 65.8 Å². The second-order valence-corrected chi connectivity index (χ2v) is 5.96. The van der Waals surface area contributed by atoms with E-state index >= 15 is 0 Å². The van der Waals surface area contributed by atoms with Crippen LogP contribution in [0.25, 0.3) is 0 Å². The molecule has 0 heterocycles. The third-order valence-corrected chi connectivity index (χ3v) is 4.23. The monoisotopic (exact) mass is 197 g/mol. The topological polar surface area (TPSA) is 26.0 Å². The van der Waals surface area contributed by atoms with Crippen molar-refractivity contribution in [3.05, 3.63) is 0 Å². The second kappa shape index (κ2) is 4.65. The highest BCUT2D eigenvalue weighted by molar-refractivity contribution is 4.85. The van der Waals surface area contributed by atoms with Crippen molar-refractivity contribution in [2.24, 2.45) is 23.0 Å². The number of rotatable bonds is 3. The number of hydrogen-bond donors (Lipinski definition) is 1. The average molecular weight is 197 g/mol. The van der Waals surface area contributed by atoms with E-state index in [0.29, 0.717) is 17.4 Å². The molecule has 1 aliphatic rings. The summed E-state index contributed by atoms with van der Waals surface area (Å²) < 4.78 is 0. The van der Waals surface area contributed by atoms with Crippen LogP contribution in [-0.4, -0.2) is 6.04 Å². The molecule has 1 nitrogen and oxygen atoms in total. The van der Waals surface area contributed by atoms with Gasteiger partial charge in [-0.1, -0.05) is 34.1 Å². The van der Waals surface area contributed by atoms with Crippen LogP contribution in [0.1, 0.15) is 59.8 Å². The molecule has 0 spiro atoms. The van der Waals surface area contributed by atoms with Crippen molar-refractivity contribution in [1.29, 1.82) is 0 Å². The molecule has 0 amide bonds. The summed E-state index contributed by atoms with van der Waals surface area (Å²) in [6.45, 7) is 9.32. The second-order valence-electron chi connectivity index (χ2n) is 5.96. The predicted molar refractivity (Wildman–Crippen MR) is 63.2 cm³/mol. The fourth-order valence-corrected chi connectivity index (χ4v) is 2.54. The van der Waals surface area contributed by atoms with Gasteiger partial charge in [0.2, 0.25) is 0 Å². The normalized spacial score (nSPS) is 27.2. The van der Waals surface area contributed by atoms with Crippen LogP contribution in [0.4, 0.5) is 0 Å². The van der Waals surface area contributed by atoms with E-state index in [1.54, 1.807) is 0 Å². The third-order valence-electron chi connectivity index (χ3n) is 4.23. The minimum atomic E-state index is 0.441. The van der Waals surface area contributed by atoms with E-state index in [2.05, 4.69) is 27.7 Å². The zero-order chi connectivity index (χ0) is 10.8. The first-order valence-corrected chi connectivity index (χ1v) is 6.22. The van der Waals surface area contributed by atoms with Gasteiger partial charge in [-0.05, 0) is 42.9 Å². The fraction of sp³-hybridized carbons (Fsp3) is 1.00. The lowest BCUT2D eigenvalue weighted by atomic mass is 9.69. The van der Waals surface area contributed by atoms with Gasteiger partial charge in [0.25, 0.3) is 0 Å². The van der Waals surface area contributed by atoms with E-state index < -0.39 is 0 Å². The molecular formula is C13H27N. The Labute approximate surface area is 89.5 Å². The maximum absolute atomic E-state index is 6.29. The fourth-order valence-electron chi connectivity index (χ4n) is 2.54. The number of hydrogen-bond acceptors (Lipinski definition) is 1. The Morgan fingerprint density at radius 2 is 1.79 bits per heavy atom. The van der Waals surface area contributed by atoms with Crippen LogP contribution in [0.5, 0.6) is 0 Å². The standard InChI is InChI=1S/C13H27N/c1-5-10(2)12(14)11-6-8-13(3,4)9-7-11/h10-12H,5-9,14H2,1-4H3. The molecule has 0 radical (unpaired) electrons. The summed E-state index contributed by atoms with van der Waals surface area (Å²) in [5, 5.41) is 0. The summed E-state index contributed by atoms with van der Waals surface area (Å²) in [5.41, 5.74) is 6.87. The lowest BCUT2D eigenvalue weighted by Gasteiger charge is -2.38. The zero-order valence-electron chi connectivity index (χ0n) is 10.3. The Balaban J connectivity index is 2.41. The molecule has 0 aromatic carbocycles. The molecule has 1 saturated carbocycles. The Bertz CT molecular complexity index is 164. The molecule has 2 unspecified atom stereocenters. The first kappa shape index (κ1) is 12.0. The molecule has 2 atom stereocenters. The Hall–Kier alpha value is -0.0400. The Morgan fingerprint density at radius 1 is 1.29 bits per heavy atom. The molecule has 1 heteroatoms. The minimum Gasteiger partial charge on any atom is -0.327 e. The Morgan fingerprint density at radius 3 is 2.21 bits per heavy atom. The summed E-state index contributed by atoms with van der Waals surface area (Å²) in [6, 6.07) is 0.441. The van der Waals surface area contributed by atoms with Crippen LogP contribution in [0.15, 0.2) is 0 Å². The van der Waals surface area contributed by atoms with Gasteiger partial charge >= 0.3 is 0 Å². The molecule has 0 aromatic rings. The summed E-state index contributed by atoms with van der Waals surface area (Å²) in [7, 11) is 0. The smallest absolute Gasteiger partial charge is 0.00929 e. The Kier molecular flexibility index (Phi) is 4.00. The van der Waals surface area contributed by atoms with Crippen LogP contribution in [-0.2, 0) is 0 Å². The molecule has 0 aliphatic heterocycles. The first-order chi connectivity index (χ1) is 6.46. The van der Waals surface area contributed by atoms with E-state index in [0.717, 1.165) is 5.92 Å². The van der Waals surface area contributed by atoms with Gasteiger partial charge in [0.15, 0.2) is 0 Å². The zero-order valence-corrected chi connectivity index (χ0v) is 10.3. The lowest BCUT2D eigenvalue weighted by molar-refractivity contribution is 0.155. The lowest BCUT2D eigenvalue weighted by Crippen LogP contribution is -2.39. The van der Waals surface area contributed by atoms with Gasteiger partial charge in [-0.2, -0.15) is 0 Å². The van der Waals surface area contributed by atoms with Gasteiger partial charge in [-0.25, -0.2) is 0 Å². The molecule has 14 heavy (non-hydrogen) atoms. The first-order valence-electron chi connectivity index (χ1n) is 6.22. The van der Waals surface area contributed by atoms with Crippen LogP contribution in [0.3, 0.4) is 0 Å². The molecule has 84 valence electrons. The summed E-state index contributed by atoms with van der Waals surface area (Å²) in [4.78, 5) is 0. The van der Waals surface area contributed by atoms with E-state index in [4.69, 9.17) is 5.73 Å². The molecule has 0 bridgehead atoms. The van der Waals surface area contributed by atoms with Crippen molar-refractivity contribution in [2.75, 3.05) is 0 Å². The quantitative estimate of drug-likeness (QED) is 0.735. The minimum absolute atomic E-state index is 0.441. The van der Waals surface area contributed by atoms with Crippen LogP contribution < -0.4 is 5.73 Å².